The average molecular weight is 202 g/mol. The molecule has 4 heteroatoms. The first-order valence-electron chi connectivity index (χ1n) is 3.66. The quantitative estimate of drug-likeness (QED) is 0.385. The first-order valence-corrected chi connectivity index (χ1v) is 4.04. The van der Waals surface area contributed by atoms with E-state index < -0.39 is 0 Å². The van der Waals surface area contributed by atoms with E-state index in [4.69, 9.17) is 21.9 Å². The number of aromatic hydroxyl groups is 1. The van der Waals surface area contributed by atoms with Crippen LogP contribution in [0.1, 0.15) is 13.8 Å². The Morgan fingerprint density at radius 3 is 1.85 bits per heavy atom. The first kappa shape index (κ1) is 11.8. The van der Waals surface area contributed by atoms with Gasteiger partial charge in [0.05, 0.1) is 5.71 Å². The molecule has 0 atom stereocenters. The first-order chi connectivity index (χ1) is 6.06. The van der Waals surface area contributed by atoms with Gasteiger partial charge in [-0.15, -0.1) is 0 Å². The van der Waals surface area contributed by atoms with Crippen molar-refractivity contribution >= 4 is 17.3 Å². The van der Waals surface area contributed by atoms with Gasteiger partial charge in [-0.2, -0.15) is 0 Å². The van der Waals surface area contributed by atoms with E-state index in [1.54, 1.807) is 38.1 Å². The minimum Gasteiger partial charge on any atom is -0.508 e. The predicted molar refractivity (Wildman–Crippen MR) is 53.7 cm³/mol. The number of oxime groups is 1. The highest BCUT2D eigenvalue weighted by Gasteiger charge is 1.84. The third-order valence-electron chi connectivity index (χ3n) is 1.03. The van der Waals surface area contributed by atoms with Crippen molar-refractivity contribution in [3.63, 3.8) is 0 Å². The fourth-order valence-corrected chi connectivity index (χ4v) is 0.567. The highest BCUT2D eigenvalue weighted by molar-refractivity contribution is 6.30. The molecule has 3 nitrogen and oxygen atoms in total. The molecule has 0 aliphatic heterocycles. The van der Waals surface area contributed by atoms with E-state index in [0.29, 0.717) is 10.7 Å². The third-order valence-corrected chi connectivity index (χ3v) is 1.28. The smallest absolute Gasteiger partial charge is 0.115 e. The van der Waals surface area contributed by atoms with Gasteiger partial charge in [0.1, 0.15) is 5.75 Å². The molecule has 0 saturated heterocycles. The van der Waals surface area contributed by atoms with Crippen molar-refractivity contribution < 1.29 is 10.3 Å². The molecular weight excluding hydrogens is 190 g/mol. The number of hydrogen-bond donors (Lipinski definition) is 2. The molecule has 2 N–H and O–H groups in total. The topological polar surface area (TPSA) is 52.8 Å². The van der Waals surface area contributed by atoms with Gasteiger partial charge in [0.15, 0.2) is 0 Å². The van der Waals surface area contributed by atoms with Crippen LogP contribution in [0.4, 0.5) is 0 Å². The van der Waals surface area contributed by atoms with Gasteiger partial charge in [-0.25, -0.2) is 0 Å². The average Bonchev–Trinajstić information content (AvgIpc) is 2.11. The van der Waals surface area contributed by atoms with E-state index >= 15 is 0 Å². The molecule has 0 radical (unpaired) electrons. The summed E-state index contributed by atoms with van der Waals surface area (Å²) in [6.07, 6.45) is 0. The number of hydrogen-bond acceptors (Lipinski definition) is 3. The summed E-state index contributed by atoms with van der Waals surface area (Å²) in [4.78, 5) is 0. The summed E-state index contributed by atoms with van der Waals surface area (Å²) in [6, 6.07) is 6.36. The molecule has 0 amide bonds. The molecule has 0 aliphatic carbocycles. The zero-order chi connectivity index (χ0) is 10.3. The molecule has 1 aromatic carbocycles. The molecule has 0 aliphatic rings. The second kappa shape index (κ2) is 6.31. The minimum atomic E-state index is 0.245. The van der Waals surface area contributed by atoms with Gasteiger partial charge in [-0.05, 0) is 38.1 Å². The molecule has 1 aromatic rings. The van der Waals surface area contributed by atoms with Crippen molar-refractivity contribution in [2.24, 2.45) is 5.16 Å². The van der Waals surface area contributed by atoms with E-state index in [-0.39, 0.29) is 5.75 Å². The summed E-state index contributed by atoms with van der Waals surface area (Å²) in [7, 11) is 0. The van der Waals surface area contributed by atoms with Gasteiger partial charge in [0.2, 0.25) is 0 Å². The number of halogens is 1. The lowest BCUT2D eigenvalue weighted by molar-refractivity contribution is 0.318. The molecule has 13 heavy (non-hydrogen) atoms. The van der Waals surface area contributed by atoms with Crippen LogP contribution in [0.2, 0.25) is 5.02 Å². The van der Waals surface area contributed by atoms with Gasteiger partial charge >= 0.3 is 0 Å². The van der Waals surface area contributed by atoms with Gasteiger partial charge in [-0.1, -0.05) is 16.8 Å². The van der Waals surface area contributed by atoms with Crippen LogP contribution in [0.25, 0.3) is 0 Å². The summed E-state index contributed by atoms with van der Waals surface area (Å²) >= 11 is 5.50. The molecular formula is C9H12ClNO2. The minimum absolute atomic E-state index is 0.245. The predicted octanol–water partition coefficient (Wildman–Crippen LogP) is 2.90. The Kier molecular flexibility index (Phi) is 5.72. The number of benzene rings is 1. The summed E-state index contributed by atoms with van der Waals surface area (Å²) in [6.45, 7) is 3.44. The Bertz CT molecular complexity index is 244. The van der Waals surface area contributed by atoms with Gasteiger partial charge < -0.3 is 10.3 Å². The molecule has 72 valence electrons. The van der Waals surface area contributed by atoms with Crippen molar-refractivity contribution in [1.82, 2.24) is 0 Å². The van der Waals surface area contributed by atoms with E-state index in [1.165, 1.54) is 0 Å². The largest absolute Gasteiger partial charge is 0.508 e. The Hall–Kier alpha value is -1.22. The second-order valence-electron chi connectivity index (χ2n) is 2.52. The summed E-state index contributed by atoms with van der Waals surface area (Å²) in [5.74, 6) is 0.245. The third kappa shape index (κ3) is 7.15. The molecule has 0 saturated carbocycles. The van der Waals surface area contributed by atoms with Crippen LogP contribution in [-0.4, -0.2) is 16.0 Å². The van der Waals surface area contributed by atoms with E-state index in [9.17, 15) is 0 Å². The Labute approximate surface area is 82.3 Å². The molecule has 0 spiro atoms. The second-order valence-corrected chi connectivity index (χ2v) is 2.96. The fraction of sp³-hybridized carbons (Fsp3) is 0.222. The molecule has 0 heterocycles. The highest BCUT2D eigenvalue weighted by atomic mass is 35.5. The summed E-state index contributed by atoms with van der Waals surface area (Å²) < 4.78 is 0. The Morgan fingerprint density at radius 1 is 1.23 bits per heavy atom. The maximum absolute atomic E-state index is 8.70. The zero-order valence-electron chi connectivity index (χ0n) is 7.53. The molecule has 0 aromatic heterocycles. The van der Waals surface area contributed by atoms with Crippen molar-refractivity contribution in [3.8, 4) is 5.75 Å². The number of nitrogens with zero attached hydrogens (tertiary/aromatic N) is 1. The van der Waals surface area contributed by atoms with Crippen LogP contribution in [0, 0.1) is 0 Å². The number of phenols is 1. The molecule has 0 bridgehead atoms. The highest BCUT2D eigenvalue weighted by Crippen LogP contribution is 2.12. The summed E-state index contributed by atoms with van der Waals surface area (Å²) in [5, 5.41) is 19.9. The van der Waals surface area contributed by atoms with Gasteiger partial charge in [0, 0.05) is 5.02 Å². The van der Waals surface area contributed by atoms with Crippen molar-refractivity contribution in [2.75, 3.05) is 0 Å². The lowest BCUT2D eigenvalue weighted by Crippen LogP contribution is -1.74. The van der Waals surface area contributed by atoms with Crippen LogP contribution in [0.15, 0.2) is 29.4 Å². The standard InChI is InChI=1S/C6H5ClO.C3H7NO/c7-5-1-3-6(8)4-2-5;1-3(2)4-5/h1-4,8H;5H,1-2H3. The van der Waals surface area contributed by atoms with Gasteiger partial charge in [-0.3, -0.25) is 0 Å². The van der Waals surface area contributed by atoms with Crippen LogP contribution >= 0.6 is 11.6 Å². The summed E-state index contributed by atoms with van der Waals surface area (Å²) in [5.41, 5.74) is 0.685. The van der Waals surface area contributed by atoms with Crippen molar-refractivity contribution in [1.29, 1.82) is 0 Å². The normalized spacial score (nSPS) is 8.23. The fourth-order valence-electron chi connectivity index (χ4n) is 0.441. The molecule has 0 unspecified atom stereocenters. The van der Waals surface area contributed by atoms with Crippen LogP contribution < -0.4 is 0 Å². The Balaban J connectivity index is 0.000000252. The molecule has 1 rings (SSSR count). The van der Waals surface area contributed by atoms with Crippen LogP contribution in [0.3, 0.4) is 0 Å². The van der Waals surface area contributed by atoms with Gasteiger partial charge in [0.25, 0.3) is 0 Å². The van der Waals surface area contributed by atoms with Crippen LogP contribution in [0.5, 0.6) is 5.75 Å². The lowest BCUT2D eigenvalue weighted by Gasteiger charge is -1.87. The Morgan fingerprint density at radius 2 is 1.62 bits per heavy atom. The van der Waals surface area contributed by atoms with E-state index in [0.717, 1.165) is 0 Å². The van der Waals surface area contributed by atoms with Crippen LogP contribution in [-0.2, 0) is 0 Å². The maximum Gasteiger partial charge on any atom is 0.115 e. The number of rotatable bonds is 0. The van der Waals surface area contributed by atoms with E-state index in [1.807, 2.05) is 0 Å². The van der Waals surface area contributed by atoms with E-state index in [2.05, 4.69) is 5.16 Å². The number of phenolic OH excluding ortho intramolecular Hbond substituents is 1. The zero-order valence-corrected chi connectivity index (χ0v) is 8.28. The lowest BCUT2D eigenvalue weighted by atomic mass is 10.3. The van der Waals surface area contributed by atoms with Crippen molar-refractivity contribution in [2.45, 2.75) is 13.8 Å². The van der Waals surface area contributed by atoms with Crippen molar-refractivity contribution in [3.05, 3.63) is 29.3 Å². The molecule has 0 fully saturated rings. The monoisotopic (exact) mass is 201 g/mol. The SMILES string of the molecule is CC(C)=NO.Oc1ccc(Cl)cc1. The maximum atomic E-state index is 8.70.